The average molecular weight is 410 g/mol. The first-order chi connectivity index (χ1) is 12.7. The number of rotatable bonds is 8. The van der Waals surface area contributed by atoms with Crippen molar-refractivity contribution in [1.82, 2.24) is 4.90 Å². The number of halogens is 1. The van der Waals surface area contributed by atoms with E-state index < -0.39 is 15.5 Å². The molecule has 146 valence electrons. The van der Waals surface area contributed by atoms with Crippen molar-refractivity contribution in [2.24, 2.45) is 5.92 Å². The van der Waals surface area contributed by atoms with Gasteiger partial charge in [-0.25, -0.2) is 0 Å². The number of nitrogens with zero attached hydrogens (tertiary/aromatic N) is 1. The SMILES string of the molecule is CC(C)CN(Cc1cccc(OS(C)(=O)=O)c1)C(=O)[C@@H](Cl)c1ccccc1. The normalized spacial score (nSPS) is 12.6. The Balaban J connectivity index is 2.21. The van der Waals surface area contributed by atoms with Gasteiger partial charge >= 0.3 is 10.1 Å². The van der Waals surface area contributed by atoms with Crippen LogP contribution >= 0.6 is 11.6 Å². The van der Waals surface area contributed by atoms with E-state index in [0.29, 0.717) is 13.1 Å². The van der Waals surface area contributed by atoms with Gasteiger partial charge in [0.1, 0.15) is 11.1 Å². The minimum Gasteiger partial charge on any atom is -0.383 e. The molecule has 0 saturated carbocycles. The summed E-state index contributed by atoms with van der Waals surface area (Å²) >= 11 is 6.42. The Hall–Kier alpha value is -2.05. The summed E-state index contributed by atoms with van der Waals surface area (Å²) < 4.78 is 27.6. The van der Waals surface area contributed by atoms with E-state index in [2.05, 4.69) is 0 Å². The highest BCUT2D eigenvalue weighted by atomic mass is 35.5. The predicted octanol–water partition coefficient (Wildman–Crippen LogP) is 3.99. The maximum atomic E-state index is 13.0. The van der Waals surface area contributed by atoms with Gasteiger partial charge in [-0.2, -0.15) is 8.42 Å². The van der Waals surface area contributed by atoms with E-state index in [1.807, 2.05) is 50.2 Å². The van der Waals surface area contributed by atoms with Crippen LogP contribution in [-0.2, 0) is 21.5 Å². The molecule has 0 saturated heterocycles. The molecular weight excluding hydrogens is 386 g/mol. The summed E-state index contributed by atoms with van der Waals surface area (Å²) in [7, 11) is -3.61. The van der Waals surface area contributed by atoms with Crippen molar-refractivity contribution in [3.63, 3.8) is 0 Å². The molecule has 0 aliphatic carbocycles. The molecule has 7 heteroatoms. The summed E-state index contributed by atoms with van der Waals surface area (Å²) in [6, 6.07) is 15.9. The number of hydrogen-bond donors (Lipinski definition) is 0. The van der Waals surface area contributed by atoms with Crippen molar-refractivity contribution in [2.45, 2.75) is 25.8 Å². The van der Waals surface area contributed by atoms with Gasteiger partial charge in [-0.3, -0.25) is 4.79 Å². The van der Waals surface area contributed by atoms with E-state index in [4.69, 9.17) is 15.8 Å². The lowest BCUT2D eigenvalue weighted by atomic mass is 10.1. The zero-order valence-corrected chi connectivity index (χ0v) is 17.2. The molecule has 2 aromatic rings. The average Bonchev–Trinajstić information content (AvgIpc) is 2.59. The minimum absolute atomic E-state index is 0.189. The molecule has 0 radical (unpaired) electrons. The summed E-state index contributed by atoms with van der Waals surface area (Å²) in [5, 5.41) is -0.777. The molecule has 0 fully saturated rings. The number of benzene rings is 2. The van der Waals surface area contributed by atoms with Gasteiger partial charge in [0, 0.05) is 13.1 Å². The lowest BCUT2D eigenvalue weighted by molar-refractivity contribution is -0.132. The molecule has 0 aromatic heterocycles. The zero-order chi connectivity index (χ0) is 20.0. The zero-order valence-electron chi connectivity index (χ0n) is 15.6. The fraction of sp³-hybridized carbons (Fsp3) is 0.350. The van der Waals surface area contributed by atoms with Gasteiger partial charge in [-0.05, 0) is 29.2 Å². The van der Waals surface area contributed by atoms with Gasteiger partial charge in [0.15, 0.2) is 0 Å². The van der Waals surface area contributed by atoms with Crippen LogP contribution in [0, 0.1) is 5.92 Å². The largest absolute Gasteiger partial charge is 0.383 e. The maximum Gasteiger partial charge on any atom is 0.306 e. The van der Waals surface area contributed by atoms with Crippen LogP contribution in [0.5, 0.6) is 5.75 Å². The van der Waals surface area contributed by atoms with E-state index in [1.54, 1.807) is 23.1 Å². The van der Waals surface area contributed by atoms with Gasteiger partial charge < -0.3 is 9.08 Å². The van der Waals surface area contributed by atoms with Crippen LogP contribution < -0.4 is 4.18 Å². The summed E-state index contributed by atoms with van der Waals surface area (Å²) in [6.07, 6.45) is 0.992. The molecular formula is C20H24ClNO4S. The molecule has 2 rings (SSSR count). The fourth-order valence-corrected chi connectivity index (χ4v) is 3.43. The highest BCUT2D eigenvalue weighted by molar-refractivity contribution is 7.86. The topological polar surface area (TPSA) is 63.7 Å². The highest BCUT2D eigenvalue weighted by Crippen LogP contribution is 2.25. The van der Waals surface area contributed by atoms with Gasteiger partial charge in [-0.15, -0.1) is 11.6 Å². The number of hydrogen-bond acceptors (Lipinski definition) is 4. The summed E-state index contributed by atoms with van der Waals surface area (Å²) in [5.41, 5.74) is 1.51. The van der Waals surface area contributed by atoms with Crippen molar-refractivity contribution in [1.29, 1.82) is 0 Å². The van der Waals surface area contributed by atoms with Crippen molar-refractivity contribution in [3.05, 3.63) is 65.7 Å². The molecule has 2 aromatic carbocycles. The monoisotopic (exact) mass is 409 g/mol. The van der Waals surface area contributed by atoms with Crippen molar-refractivity contribution in [2.75, 3.05) is 12.8 Å². The summed E-state index contributed by atoms with van der Waals surface area (Å²) in [6.45, 7) is 4.89. The smallest absolute Gasteiger partial charge is 0.306 e. The van der Waals surface area contributed by atoms with E-state index >= 15 is 0 Å². The lowest BCUT2D eigenvalue weighted by Gasteiger charge is -2.27. The maximum absolute atomic E-state index is 13.0. The van der Waals surface area contributed by atoms with Gasteiger partial charge in [0.2, 0.25) is 5.91 Å². The molecule has 5 nitrogen and oxygen atoms in total. The number of carbonyl (C=O) groups is 1. The second-order valence-corrected chi connectivity index (χ2v) is 8.83. The fourth-order valence-electron chi connectivity index (χ4n) is 2.69. The van der Waals surface area contributed by atoms with Crippen LogP contribution in [-0.4, -0.2) is 32.0 Å². The minimum atomic E-state index is -3.61. The van der Waals surface area contributed by atoms with Gasteiger partial charge in [0.05, 0.1) is 6.26 Å². The van der Waals surface area contributed by atoms with E-state index in [9.17, 15) is 13.2 Å². The van der Waals surface area contributed by atoms with Crippen molar-refractivity contribution < 1.29 is 17.4 Å². The number of amides is 1. The highest BCUT2D eigenvalue weighted by Gasteiger charge is 2.24. The summed E-state index contributed by atoms with van der Waals surface area (Å²) in [5.74, 6) is 0.285. The second kappa shape index (κ2) is 9.24. The van der Waals surface area contributed by atoms with Crippen LogP contribution in [0.1, 0.15) is 30.4 Å². The first-order valence-electron chi connectivity index (χ1n) is 8.62. The number of alkyl halides is 1. The van der Waals surface area contributed by atoms with E-state index in [1.165, 1.54) is 0 Å². The van der Waals surface area contributed by atoms with Crippen LogP contribution in [0.4, 0.5) is 0 Å². The third kappa shape index (κ3) is 6.88. The second-order valence-electron chi connectivity index (χ2n) is 6.82. The molecule has 0 N–H and O–H groups in total. The molecule has 0 aliphatic rings. The third-order valence-electron chi connectivity index (χ3n) is 3.73. The van der Waals surface area contributed by atoms with Crippen LogP contribution in [0.25, 0.3) is 0 Å². The van der Waals surface area contributed by atoms with Crippen LogP contribution in [0.15, 0.2) is 54.6 Å². The summed E-state index contributed by atoms with van der Waals surface area (Å²) in [4.78, 5) is 14.7. The molecule has 1 amide bonds. The van der Waals surface area contributed by atoms with Crippen molar-refractivity contribution in [3.8, 4) is 5.75 Å². The first kappa shape index (κ1) is 21.3. The van der Waals surface area contributed by atoms with Crippen LogP contribution in [0.3, 0.4) is 0 Å². The Morgan fingerprint density at radius 3 is 2.37 bits per heavy atom. The van der Waals surface area contributed by atoms with E-state index in [0.717, 1.165) is 17.4 Å². The Morgan fingerprint density at radius 2 is 1.78 bits per heavy atom. The van der Waals surface area contributed by atoms with E-state index in [-0.39, 0.29) is 17.6 Å². The van der Waals surface area contributed by atoms with Gasteiger partial charge in [-0.1, -0.05) is 56.3 Å². The molecule has 0 spiro atoms. The molecule has 0 heterocycles. The first-order valence-corrected chi connectivity index (χ1v) is 10.9. The quantitative estimate of drug-likeness (QED) is 0.488. The standard InChI is InChI=1S/C20H24ClNO4S/c1-15(2)13-22(20(23)19(21)17-9-5-4-6-10-17)14-16-8-7-11-18(12-16)26-27(3,24)25/h4-12,15,19H,13-14H2,1-3H3/t19-/m0/s1. The lowest BCUT2D eigenvalue weighted by Crippen LogP contribution is -2.36. The Kier molecular flexibility index (Phi) is 7.27. The van der Waals surface area contributed by atoms with Gasteiger partial charge in [0.25, 0.3) is 0 Å². The third-order valence-corrected chi connectivity index (χ3v) is 4.66. The Labute approximate surface area is 166 Å². The van der Waals surface area contributed by atoms with Crippen molar-refractivity contribution >= 4 is 27.6 Å². The molecule has 1 atom stereocenters. The molecule has 0 unspecified atom stereocenters. The number of carbonyl (C=O) groups excluding carboxylic acids is 1. The van der Waals surface area contributed by atoms with Crippen LogP contribution in [0.2, 0.25) is 0 Å². The Bertz CT molecular complexity index is 869. The molecule has 0 bridgehead atoms. The predicted molar refractivity (Wildman–Crippen MR) is 107 cm³/mol. The molecule has 0 aliphatic heterocycles. The molecule has 27 heavy (non-hydrogen) atoms. The Morgan fingerprint density at radius 1 is 1.11 bits per heavy atom.